The fourth-order valence-electron chi connectivity index (χ4n) is 1.37. The number of nitrogens with one attached hydrogen (secondary N) is 1. The van der Waals surface area contributed by atoms with E-state index >= 15 is 0 Å². The molecule has 15 heavy (non-hydrogen) atoms. The Morgan fingerprint density at radius 1 is 1.60 bits per heavy atom. The molecule has 0 aromatic rings. The maximum atomic E-state index is 11.5. The van der Waals surface area contributed by atoms with Gasteiger partial charge in [0.05, 0.1) is 6.61 Å². The van der Waals surface area contributed by atoms with Gasteiger partial charge in [-0.2, -0.15) is 0 Å². The maximum absolute atomic E-state index is 11.5. The van der Waals surface area contributed by atoms with Crippen LogP contribution in [0, 0.1) is 0 Å². The van der Waals surface area contributed by atoms with Gasteiger partial charge in [0.1, 0.15) is 5.82 Å². The highest BCUT2D eigenvalue weighted by Gasteiger charge is 2.29. The van der Waals surface area contributed by atoms with E-state index in [0.29, 0.717) is 24.2 Å². The molecule has 0 unspecified atom stereocenters. The topological polar surface area (TPSA) is 67.6 Å². The molecule has 0 spiro atoms. The first-order valence-corrected chi connectivity index (χ1v) is 5.19. The lowest BCUT2D eigenvalue weighted by Crippen LogP contribution is -2.33. The molecule has 0 saturated heterocycles. The van der Waals surface area contributed by atoms with Gasteiger partial charge >= 0.3 is 5.97 Å². The Labute approximate surface area is 90.3 Å². The van der Waals surface area contributed by atoms with Crippen LogP contribution >= 0.6 is 0 Å². The summed E-state index contributed by atoms with van der Waals surface area (Å²) in [6, 6.07) is 0.475. The van der Waals surface area contributed by atoms with Gasteiger partial charge in [0, 0.05) is 20.1 Å². The Morgan fingerprint density at radius 2 is 2.20 bits per heavy atom. The Hall–Kier alpha value is -1.39. The first kappa shape index (κ1) is 11.7. The molecule has 5 heteroatoms. The van der Waals surface area contributed by atoms with Crippen molar-refractivity contribution in [1.82, 2.24) is 10.2 Å². The summed E-state index contributed by atoms with van der Waals surface area (Å²) in [5, 5.41) is 2.79. The quantitative estimate of drug-likeness (QED) is 0.496. The van der Waals surface area contributed by atoms with Gasteiger partial charge in [-0.05, 0) is 19.8 Å². The highest BCUT2D eigenvalue weighted by Crippen LogP contribution is 2.27. The molecule has 0 aliphatic heterocycles. The van der Waals surface area contributed by atoms with Gasteiger partial charge in [-0.1, -0.05) is 0 Å². The van der Waals surface area contributed by atoms with Gasteiger partial charge in [0.2, 0.25) is 0 Å². The third-order valence-electron chi connectivity index (χ3n) is 2.46. The van der Waals surface area contributed by atoms with Crippen LogP contribution in [0.2, 0.25) is 0 Å². The molecule has 1 aliphatic carbocycles. The summed E-state index contributed by atoms with van der Waals surface area (Å²) in [7, 11) is 3.56. The molecule has 86 valence electrons. The Morgan fingerprint density at radius 3 is 2.60 bits per heavy atom. The first-order chi connectivity index (χ1) is 7.11. The van der Waals surface area contributed by atoms with Crippen molar-refractivity contribution in [1.29, 1.82) is 0 Å². The molecule has 3 N–H and O–H groups in total. The molecular formula is C10H19N3O2. The molecule has 0 radical (unpaired) electrons. The van der Waals surface area contributed by atoms with Crippen molar-refractivity contribution in [3.8, 4) is 0 Å². The van der Waals surface area contributed by atoms with E-state index in [0.717, 1.165) is 12.8 Å². The molecule has 0 heterocycles. The fraction of sp³-hybridized carbons (Fsp3) is 0.700. The van der Waals surface area contributed by atoms with Crippen molar-refractivity contribution in [3.63, 3.8) is 0 Å². The zero-order valence-corrected chi connectivity index (χ0v) is 9.54. The van der Waals surface area contributed by atoms with Crippen molar-refractivity contribution in [3.05, 3.63) is 11.5 Å². The number of hydrogen-bond acceptors (Lipinski definition) is 5. The second-order valence-electron chi connectivity index (χ2n) is 3.57. The number of hydrogen-bond donors (Lipinski definition) is 2. The van der Waals surface area contributed by atoms with Crippen LogP contribution in [-0.2, 0) is 9.53 Å². The van der Waals surface area contributed by atoms with Crippen LogP contribution < -0.4 is 11.1 Å². The van der Waals surface area contributed by atoms with Crippen molar-refractivity contribution in [2.24, 2.45) is 5.73 Å². The average molecular weight is 213 g/mol. The highest BCUT2D eigenvalue weighted by atomic mass is 16.5. The zero-order valence-electron chi connectivity index (χ0n) is 9.54. The van der Waals surface area contributed by atoms with Gasteiger partial charge < -0.3 is 20.7 Å². The number of esters is 1. The Bertz CT molecular complexity index is 272. The number of nitrogens with two attached hydrogens (primary N) is 1. The van der Waals surface area contributed by atoms with Gasteiger partial charge in [0.25, 0.3) is 0 Å². The van der Waals surface area contributed by atoms with E-state index in [-0.39, 0.29) is 0 Å². The predicted octanol–water partition coefficient (Wildman–Crippen LogP) is -0.00910. The van der Waals surface area contributed by atoms with Gasteiger partial charge in [0.15, 0.2) is 5.70 Å². The summed E-state index contributed by atoms with van der Waals surface area (Å²) in [4.78, 5) is 13.4. The van der Waals surface area contributed by atoms with Crippen LogP contribution in [0.5, 0.6) is 0 Å². The molecule has 0 aromatic carbocycles. The molecule has 1 aliphatic rings. The number of likely N-dealkylation sites (N-methyl/N-ethyl adjacent to an activating group) is 1. The number of rotatable bonds is 5. The molecular weight excluding hydrogens is 194 g/mol. The Kier molecular flexibility index (Phi) is 3.82. The smallest absolute Gasteiger partial charge is 0.358 e. The minimum absolute atomic E-state index is 0.339. The number of nitrogens with zero attached hydrogens (tertiary/aromatic N) is 1. The van der Waals surface area contributed by atoms with Crippen molar-refractivity contribution >= 4 is 5.97 Å². The van der Waals surface area contributed by atoms with Crippen LogP contribution in [0.1, 0.15) is 19.8 Å². The normalized spacial score (nSPS) is 16.7. The average Bonchev–Trinajstić information content (AvgIpc) is 3.01. The molecule has 1 fully saturated rings. The molecule has 0 aromatic heterocycles. The summed E-state index contributed by atoms with van der Waals surface area (Å²) in [5.41, 5.74) is 6.23. The minimum atomic E-state index is -0.398. The largest absolute Gasteiger partial charge is 0.461 e. The monoisotopic (exact) mass is 213 g/mol. The van der Waals surface area contributed by atoms with Crippen LogP contribution in [0.15, 0.2) is 11.5 Å². The van der Waals surface area contributed by atoms with Crippen LogP contribution in [-0.4, -0.2) is 37.6 Å². The van der Waals surface area contributed by atoms with Gasteiger partial charge in [-0.3, -0.25) is 0 Å². The van der Waals surface area contributed by atoms with Crippen LogP contribution in [0.4, 0.5) is 0 Å². The molecule has 1 rings (SSSR count). The van der Waals surface area contributed by atoms with E-state index in [2.05, 4.69) is 5.32 Å². The third kappa shape index (κ3) is 2.78. The van der Waals surface area contributed by atoms with E-state index in [1.807, 2.05) is 11.9 Å². The number of ether oxygens (including phenoxy) is 1. The lowest BCUT2D eigenvalue weighted by atomic mass is 10.4. The lowest BCUT2D eigenvalue weighted by molar-refractivity contribution is -0.139. The van der Waals surface area contributed by atoms with E-state index < -0.39 is 5.97 Å². The fourth-order valence-corrected chi connectivity index (χ4v) is 1.37. The maximum Gasteiger partial charge on any atom is 0.358 e. The second-order valence-corrected chi connectivity index (χ2v) is 3.57. The van der Waals surface area contributed by atoms with Crippen LogP contribution in [0.25, 0.3) is 0 Å². The molecule has 5 nitrogen and oxygen atoms in total. The summed E-state index contributed by atoms with van der Waals surface area (Å²) in [6.07, 6.45) is 2.27. The molecule has 1 saturated carbocycles. The molecule has 0 atom stereocenters. The highest BCUT2D eigenvalue weighted by molar-refractivity contribution is 5.88. The standard InChI is InChI=1S/C10H19N3O2/c1-4-15-10(14)8(12-2)9(11)13(3)7-5-6-7/h7,12H,4-6,11H2,1-3H3/b9-8-. The van der Waals surface area contributed by atoms with E-state index in [1.54, 1.807) is 14.0 Å². The SMILES string of the molecule is CCOC(=O)/C(NC)=C(\N)N(C)C1CC1. The summed E-state index contributed by atoms with van der Waals surface area (Å²) < 4.78 is 4.90. The van der Waals surface area contributed by atoms with Crippen molar-refractivity contribution in [2.75, 3.05) is 20.7 Å². The molecule has 0 amide bonds. The zero-order chi connectivity index (χ0) is 11.4. The number of carbonyl (C=O) groups excluding carboxylic acids is 1. The van der Waals surface area contributed by atoms with E-state index in [9.17, 15) is 4.79 Å². The first-order valence-electron chi connectivity index (χ1n) is 5.19. The third-order valence-corrected chi connectivity index (χ3v) is 2.46. The van der Waals surface area contributed by atoms with Gasteiger partial charge in [-0.25, -0.2) is 4.79 Å². The summed E-state index contributed by atoms with van der Waals surface area (Å²) >= 11 is 0. The van der Waals surface area contributed by atoms with Crippen molar-refractivity contribution in [2.45, 2.75) is 25.8 Å². The molecule has 0 bridgehead atoms. The summed E-state index contributed by atoms with van der Waals surface area (Å²) in [5.74, 6) is 0.0588. The van der Waals surface area contributed by atoms with E-state index in [4.69, 9.17) is 10.5 Å². The Balaban J connectivity index is 2.75. The van der Waals surface area contributed by atoms with E-state index in [1.165, 1.54) is 0 Å². The summed E-state index contributed by atoms with van der Waals surface area (Å²) in [6.45, 7) is 2.12. The predicted molar refractivity (Wildman–Crippen MR) is 57.7 cm³/mol. The lowest BCUT2D eigenvalue weighted by Gasteiger charge is -2.21. The van der Waals surface area contributed by atoms with Crippen molar-refractivity contribution < 1.29 is 9.53 Å². The number of carbonyl (C=O) groups is 1. The van der Waals surface area contributed by atoms with Gasteiger partial charge in [-0.15, -0.1) is 0 Å². The second kappa shape index (κ2) is 4.91. The minimum Gasteiger partial charge on any atom is -0.461 e. The van der Waals surface area contributed by atoms with Crippen LogP contribution in [0.3, 0.4) is 0 Å².